The molecule has 0 bridgehead atoms. The number of aliphatic hydroxyl groups excluding tert-OH is 1. The Kier molecular flexibility index (Phi) is 6.89. The van der Waals surface area contributed by atoms with Crippen molar-refractivity contribution >= 4 is 17.0 Å². The summed E-state index contributed by atoms with van der Waals surface area (Å²) in [5.74, 6) is 1.24. The summed E-state index contributed by atoms with van der Waals surface area (Å²) >= 11 is 0. The third-order valence-electron chi connectivity index (χ3n) is 8.01. The van der Waals surface area contributed by atoms with E-state index in [0.717, 1.165) is 44.4 Å². The van der Waals surface area contributed by atoms with Crippen molar-refractivity contribution in [1.29, 1.82) is 0 Å². The third-order valence-corrected chi connectivity index (χ3v) is 8.01. The lowest BCUT2D eigenvalue weighted by Crippen LogP contribution is -2.37. The quantitative estimate of drug-likeness (QED) is 0.495. The molecular weight excluding hydrogens is 422 g/mol. The highest BCUT2D eigenvalue weighted by molar-refractivity contribution is 5.81. The molecule has 2 fully saturated rings. The number of likely N-dealkylation sites (tertiary alicyclic amines) is 1. The molecule has 2 aromatic heterocycles. The van der Waals surface area contributed by atoms with E-state index in [0.29, 0.717) is 23.9 Å². The van der Waals surface area contributed by atoms with Crippen LogP contribution in [-0.4, -0.2) is 49.8 Å². The Morgan fingerprint density at radius 3 is 2.35 bits per heavy atom. The molecule has 0 radical (unpaired) electrons. The minimum Gasteiger partial charge on any atom is -0.393 e. The molecule has 1 atom stereocenters. The molecule has 6 nitrogen and oxygen atoms in total. The highest BCUT2D eigenvalue weighted by Gasteiger charge is 2.28. The van der Waals surface area contributed by atoms with Crippen molar-refractivity contribution in [3.63, 3.8) is 0 Å². The number of hydrogen-bond acceptors (Lipinski definition) is 5. The van der Waals surface area contributed by atoms with Crippen molar-refractivity contribution in [3.8, 4) is 0 Å². The summed E-state index contributed by atoms with van der Waals surface area (Å²) in [7, 11) is 0. The zero-order valence-electron chi connectivity index (χ0n) is 20.8. The van der Waals surface area contributed by atoms with E-state index in [9.17, 15) is 5.11 Å². The number of hydrogen-bond donors (Lipinski definition) is 2. The van der Waals surface area contributed by atoms with Gasteiger partial charge < -0.3 is 19.9 Å². The summed E-state index contributed by atoms with van der Waals surface area (Å²) in [6.45, 7) is 9.04. The Morgan fingerprint density at radius 1 is 0.971 bits per heavy atom. The number of aliphatic hydroxyl groups is 1. The maximum atomic E-state index is 10.1. The maximum Gasteiger partial charge on any atom is 0.225 e. The number of nitrogens with zero attached hydrogens (tertiary/aromatic N) is 4. The van der Waals surface area contributed by atoms with Gasteiger partial charge in [-0.15, -0.1) is 0 Å². The van der Waals surface area contributed by atoms with Crippen molar-refractivity contribution in [1.82, 2.24) is 19.4 Å². The van der Waals surface area contributed by atoms with Gasteiger partial charge in [-0.3, -0.25) is 0 Å². The van der Waals surface area contributed by atoms with E-state index in [1.807, 2.05) is 12.3 Å². The first kappa shape index (κ1) is 23.3. The van der Waals surface area contributed by atoms with Gasteiger partial charge in [0.2, 0.25) is 5.95 Å². The van der Waals surface area contributed by atoms with Crippen LogP contribution < -0.4 is 5.32 Å². The van der Waals surface area contributed by atoms with Gasteiger partial charge in [-0.05, 0) is 89.4 Å². The topological polar surface area (TPSA) is 66.2 Å². The molecule has 6 heteroatoms. The molecule has 182 valence electrons. The molecule has 1 aliphatic carbocycles. The molecule has 3 aromatic rings. The fraction of sp³-hybridized carbons (Fsp3) is 0.571. The Bertz CT molecular complexity index is 1080. The van der Waals surface area contributed by atoms with Gasteiger partial charge in [0.25, 0.3) is 0 Å². The molecule has 34 heavy (non-hydrogen) atoms. The second kappa shape index (κ2) is 10.0. The highest BCUT2D eigenvalue weighted by Crippen LogP contribution is 2.38. The number of anilines is 1. The number of rotatable bonds is 6. The zero-order chi connectivity index (χ0) is 23.7. The Hall–Kier alpha value is -2.44. The van der Waals surface area contributed by atoms with Crippen molar-refractivity contribution in [2.75, 3.05) is 18.4 Å². The van der Waals surface area contributed by atoms with E-state index in [1.165, 1.54) is 29.4 Å². The fourth-order valence-corrected chi connectivity index (χ4v) is 5.81. The first-order chi connectivity index (χ1) is 16.5. The summed E-state index contributed by atoms with van der Waals surface area (Å²) in [6, 6.07) is 11.6. The molecule has 2 N–H and O–H groups in total. The highest BCUT2D eigenvalue weighted by atomic mass is 16.3. The van der Waals surface area contributed by atoms with Crippen LogP contribution >= 0.6 is 0 Å². The third kappa shape index (κ3) is 4.84. The molecule has 1 saturated carbocycles. The molecule has 3 heterocycles. The number of piperidine rings is 1. The van der Waals surface area contributed by atoms with Crippen molar-refractivity contribution in [3.05, 3.63) is 53.9 Å². The molecule has 0 amide bonds. The smallest absolute Gasteiger partial charge is 0.225 e. The van der Waals surface area contributed by atoms with E-state index >= 15 is 0 Å². The minimum absolute atomic E-state index is 0.131. The van der Waals surface area contributed by atoms with E-state index < -0.39 is 0 Å². The Labute approximate surface area is 203 Å². The predicted molar refractivity (Wildman–Crippen MR) is 138 cm³/mol. The fourth-order valence-electron chi connectivity index (χ4n) is 5.81. The van der Waals surface area contributed by atoms with Crippen LogP contribution in [0, 0.1) is 0 Å². The lowest BCUT2D eigenvalue weighted by atomic mass is 9.89. The van der Waals surface area contributed by atoms with Crippen LogP contribution in [0.25, 0.3) is 11.0 Å². The van der Waals surface area contributed by atoms with Crippen LogP contribution in [0.1, 0.15) is 88.4 Å². The van der Waals surface area contributed by atoms with Crippen LogP contribution in [-0.2, 0) is 0 Å². The van der Waals surface area contributed by atoms with Gasteiger partial charge in [0.1, 0.15) is 5.65 Å². The van der Waals surface area contributed by atoms with Crippen molar-refractivity contribution in [2.45, 2.75) is 89.4 Å². The molecule has 0 unspecified atom stereocenters. The number of aromatic nitrogens is 3. The van der Waals surface area contributed by atoms with Gasteiger partial charge in [0, 0.05) is 29.9 Å². The largest absolute Gasteiger partial charge is 0.393 e. The summed E-state index contributed by atoms with van der Waals surface area (Å²) < 4.78 is 2.41. The average Bonchev–Trinajstić information content (AvgIpc) is 3.24. The minimum atomic E-state index is -0.156. The van der Waals surface area contributed by atoms with Gasteiger partial charge in [0.05, 0.1) is 12.1 Å². The van der Waals surface area contributed by atoms with Crippen LogP contribution in [0.15, 0.2) is 42.7 Å². The lowest BCUT2D eigenvalue weighted by molar-refractivity contribution is 0.111. The molecule has 1 aromatic carbocycles. The van der Waals surface area contributed by atoms with Gasteiger partial charge in [0.15, 0.2) is 0 Å². The standard InChI is InChI=1S/C28H39N5O/c1-19(2)32-15-13-22(14-16-32)26-18-33(23-9-11-24(34)12-10-23)27-25(26)17-29-28(31-27)30-20(3)21-7-5-4-6-8-21/h4-8,17-20,22-24,34H,9-16H2,1-3H3,(H,29,30,31)/t20-,23?,24?/m0/s1. The van der Waals surface area contributed by atoms with Crippen LogP contribution in [0.3, 0.4) is 0 Å². The first-order valence-electron chi connectivity index (χ1n) is 13.1. The van der Waals surface area contributed by atoms with Crippen LogP contribution in [0.2, 0.25) is 0 Å². The van der Waals surface area contributed by atoms with E-state index in [1.54, 1.807) is 0 Å². The predicted octanol–water partition coefficient (Wildman–Crippen LogP) is 5.67. The zero-order valence-corrected chi connectivity index (χ0v) is 20.8. The first-order valence-corrected chi connectivity index (χ1v) is 13.1. The van der Waals surface area contributed by atoms with Crippen molar-refractivity contribution < 1.29 is 5.11 Å². The van der Waals surface area contributed by atoms with Crippen LogP contribution in [0.5, 0.6) is 0 Å². The SMILES string of the molecule is CC(C)N1CCC(c2cn(C3CCC(O)CC3)c3nc(N[C@@H](C)c4ccccc4)ncc23)CC1. The number of fused-ring (bicyclic) bond motifs is 1. The average molecular weight is 462 g/mol. The molecule has 5 rings (SSSR count). The number of benzene rings is 1. The van der Waals surface area contributed by atoms with E-state index in [2.05, 4.69) is 66.0 Å². The molecular formula is C28H39N5O. The normalized spacial score (nSPS) is 23.4. The van der Waals surface area contributed by atoms with Gasteiger partial charge in [-0.25, -0.2) is 4.98 Å². The number of nitrogens with one attached hydrogen (secondary N) is 1. The van der Waals surface area contributed by atoms with Crippen molar-refractivity contribution in [2.24, 2.45) is 0 Å². The summed E-state index contributed by atoms with van der Waals surface area (Å²) in [5, 5.41) is 14.8. The maximum absolute atomic E-state index is 10.1. The Morgan fingerprint density at radius 2 is 1.68 bits per heavy atom. The van der Waals surface area contributed by atoms with Gasteiger partial charge in [-0.1, -0.05) is 30.3 Å². The van der Waals surface area contributed by atoms with E-state index in [-0.39, 0.29) is 12.1 Å². The second-order valence-corrected chi connectivity index (χ2v) is 10.6. The van der Waals surface area contributed by atoms with E-state index in [4.69, 9.17) is 9.97 Å². The molecule has 0 spiro atoms. The second-order valence-electron chi connectivity index (χ2n) is 10.6. The summed E-state index contributed by atoms with van der Waals surface area (Å²) in [4.78, 5) is 12.4. The monoisotopic (exact) mass is 461 g/mol. The van der Waals surface area contributed by atoms with Crippen LogP contribution in [0.4, 0.5) is 5.95 Å². The molecule has 1 aliphatic heterocycles. The Balaban J connectivity index is 1.46. The van der Waals surface area contributed by atoms with Gasteiger partial charge in [-0.2, -0.15) is 4.98 Å². The lowest BCUT2D eigenvalue weighted by Gasteiger charge is -2.34. The van der Waals surface area contributed by atoms with Gasteiger partial charge >= 0.3 is 0 Å². The molecule has 1 saturated heterocycles. The summed E-state index contributed by atoms with van der Waals surface area (Å²) in [6.07, 6.45) is 10.4. The summed E-state index contributed by atoms with van der Waals surface area (Å²) in [5.41, 5.74) is 3.67. The molecule has 2 aliphatic rings.